The van der Waals surface area contributed by atoms with Crippen molar-refractivity contribution in [3.63, 3.8) is 0 Å². The molecule has 3 aliphatic heterocycles. The van der Waals surface area contributed by atoms with Crippen LogP contribution in [0.3, 0.4) is 0 Å². The van der Waals surface area contributed by atoms with Crippen LogP contribution in [0.2, 0.25) is 5.02 Å². The minimum atomic E-state index is -1.26. The number of halogens is 1. The molecule has 50 heavy (non-hydrogen) atoms. The predicted octanol–water partition coefficient (Wildman–Crippen LogP) is 4.58. The second-order valence-corrected chi connectivity index (χ2v) is 13.8. The SMILES string of the molecule is CCOC12CC(OC(=O)N1)C(C)C1OC1(C)C(OC(=O)C(C)N(C)C(C)=O)CC(=O)N(C)c1cc(cc(OC)c1Cl)C/C(C)=C/C=CC2OC. The van der Waals surface area contributed by atoms with Crippen molar-refractivity contribution in [3.05, 3.63) is 46.5 Å². The summed E-state index contributed by atoms with van der Waals surface area (Å²) in [5.74, 6) is -1.47. The number of benzene rings is 1. The third-order valence-corrected chi connectivity index (χ3v) is 10.4. The van der Waals surface area contributed by atoms with E-state index >= 15 is 0 Å². The van der Waals surface area contributed by atoms with Crippen LogP contribution >= 0.6 is 11.6 Å². The molecule has 2 saturated heterocycles. The number of allylic oxidation sites excluding steroid dienone is 3. The number of epoxide rings is 1. The fraction of sp³-hybridized carbons (Fsp3) is 0.611. The lowest BCUT2D eigenvalue weighted by atomic mass is 9.83. The van der Waals surface area contributed by atoms with Gasteiger partial charge in [0.05, 0.1) is 25.3 Å². The molecule has 14 heteroatoms. The summed E-state index contributed by atoms with van der Waals surface area (Å²) in [6.45, 7) is 10.6. The number of carbonyl (C=O) groups is 4. The van der Waals surface area contributed by atoms with E-state index < -0.39 is 65.7 Å². The van der Waals surface area contributed by atoms with Crippen LogP contribution in [0.4, 0.5) is 10.5 Å². The van der Waals surface area contributed by atoms with E-state index in [9.17, 15) is 19.2 Å². The average Bonchev–Trinajstić information content (AvgIpc) is 3.76. The van der Waals surface area contributed by atoms with Crippen molar-refractivity contribution in [1.29, 1.82) is 0 Å². The monoisotopic (exact) mass is 719 g/mol. The maximum Gasteiger partial charge on any atom is 0.409 e. The van der Waals surface area contributed by atoms with Crippen LogP contribution in [0.5, 0.6) is 5.75 Å². The number of nitrogens with one attached hydrogen (secondary N) is 1. The molecular weight excluding hydrogens is 670 g/mol. The smallest absolute Gasteiger partial charge is 0.409 e. The zero-order valence-corrected chi connectivity index (χ0v) is 31.3. The molecule has 3 amide bonds. The Kier molecular flexibility index (Phi) is 12.3. The largest absolute Gasteiger partial charge is 0.495 e. The Hall–Kier alpha value is -3.65. The van der Waals surface area contributed by atoms with E-state index in [1.165, 1.54) is 30.9 Å². The van der Waals surface area contributed by atoms with Crippen molar-refractivity contribution >= 4 is 41.2 Å². The highest BCUT2D eigenvalue weighted by molar-refractivity contribution is 6.35. The fourth-order valence-corrected chi connectivity index (χ4v) is 7.00. The molecule has 4 bridgehead atoms. The summed E-state index contributed by atoms with van der Waals surface area (Å²) in [5, 5.41) is 3.11. The number of hydrogen-bond donors (Lipinski definition) is 1. The highest BCUT2D eigenvalue weighted by atomic mass is 35.5. The topological polar surface area (TPSA) is 145 Å². The molecule has 0 spiro atoms. The molecule has 8 atom stereocenters. The quantitative estimate of drug-likeness (QED) is 0.314. The lowest BCUT2D eigenvalue weighted by molar-refractivity contribution is -0.173. The standard InChI is InChI=1S/C36H50ClN3O10/c1-11-47-36-19-27(48-34(44)38-36)21(3)32-35(6,50-32)29(49-33(43)22(4)39(7)23(5)41)18-30(42)40(8)25-16-24(17-26(45-9)31(25)37)15-20(2)13-12-14-28(36)46-10/h12-14,16-17,21-22,27-29,32H,11,15,18-19H2,1-10H3,(H,38,44)/b14-12?,20-13+. The number of anilines is 1. The second-order valence-electron chi connectivity index (χ2n) is 13.4. The van der Waals surface area contributed by atoms with Crippen molar-refractivity contribution in [2.45, 2.75) is 103 Å². The summed E-state index contributed by atoms with van der Waals surface area (Å²) in [4.78, 5) is 55.3. The van der Waals surface area contributed by atoms with Crippen molar-refractivity contribution in [3.8, 4) is 5.75 Å². The molecular formula is C36H50ClN3O10. The summed E-state index contributed by atoms with van der Waals surface area (Å²) < 4.78 is 35.8. The Bertz CT molecular complexity index is 1530. The highest BCUT2D eigenvalue weighted by Gasteiger charge is 2.64. The van der Waals surface area contributed by atoms with E-state index in [-0.39, 0.29) is 30.4 Å². The molecule has 1 N–H and O–H groups in total. The second kappa shape index (κ2) is 15.7. The molecule has 4 rings (SSSR count). The van der Waals surface area contributed by atoms with E-state index in [1.54, 1.807) is 28.0 Å². The van der Waals surface area contributed by atoms with Gasteiger partial charge < -0.3 is 38.2 Å². The lowest BCUT2D eigenvalue weighted by Crippen LogP contribution is -2.65. The summed E-state index contributed by atoms with van der Waals surface area (Å²) in [7, 11) is 6.13. The van der Waals surface area contributed by atoms with E-state index in [0.29, 0.717) is 17.9 Å². The number of hydrogen-bond acceptors (Lipinski definition) is 10. The van der Waals surface area contributed by atoms with Gasteiger partial charge in [0.2, 0.25) is 11.8 Å². The van der Waals surface area contributed by atoms with Gasteiger partial charge in [-0.2, -0.15) is 0 Å². The number of alkyl carbamates (subject to hydrolysis) is 1. The lowest BCUT2D eigenvalue weighted by Gasteiger charge is -2.45. The van der Waals surface area contributed by atoms with E-state index in [4.69, 9.17) is 40.0 Å². The summed E-state index contributed by atoms with van der Waals surface area (Å²) in [5.41, 5.74) is -0.184. The Balaban J connectivity index is 1.83. The van der Waals surface area contributed by atoms with Gasteiger partial charge in [-0.15, -0.1) is 0 Å². The number of amides is 3. The number of carbonyl (C=O) groups excluding carboxylic acids is 4. The van der Waals surface area contributed by atoms with Gasteiger partial charge in [-0.05, 0) is 51.8 Å². The molecule has 1 aromatic carbocycles. The minimum absolute atomic E-state index is 0.214. The number of nitrogens with zero attached hydrogens (tertiary/aromatic N) is 2. The van der Waals surface area contributed by atoms with Crippen LogP contribution < -0.4 is 15.0 Å². The highest BCUT2D eigenvalue weighted by Crippen LogP contribution is 2.49. The first-order valence-corrected chi connectivity index (χ1v) is 17.1. The van der Waals surface area contributed by atoms with Gasteiger partial charge >= 0.3 is 12.1 Å². The minimum Gasteiger partial charge on any atom is -0.495 e. The van der Waals surface area contributed by atoms with Crippen molar-refractivity contribution in [2.75, 3.05) is 39.8 Å². The average molecular weight is 720 g/mol. The zero-order chi connectivity index (χ0) is 37.1. The third-order valence-electron chi connectivity index (χ3n) is 10.0. The van der Waals surface area contributed by atoms with Crippen LogP contribution in [0.15, 0.2) is 35.9 Å². The van der Waals surface area contributed by atoms with Gasteiger partial charge in [0.25, 0.3) is 0 Å². The summed E-state index contributed by atoms with van der Waals surface area (Å²) in [6.07, 6.45) is 2.32. The van der Waals surface area contributed by atoms with Gasteiger partial charge in [0.1, 0.15) is 40.7 Å². The van der Waals surface area contributed by atoms with E-state index in [2.05, 4.69) is 5.32 Å². The summed E-state index contributed by atoms with van der Waals surface area (Å²) >= 11 is 6.75. The first-order valence-electron chi connectivity index (χ1n) is 16.8. The number of methoxy groups -OCH3 is 2. The van der Waals surface area contributed by atoms with Crippen LogP contribution in [-0.2, 0) is 44.5 Å². The molecule has 0 aliphatic carbocycles. The predicted molar refractivity (Wildman–Crippen MR) is 186 cm³/mol. The van der Waals surface area contributed by atoms with Crippen LogP contribution in [0, 0.1) is 5.92 Å². The summed E-state index contributed by atoms with van der Waals surface area (Å²) in [6, 6.07) is 2.70. The van der Waals surface area contributed by atoms with Crippen molar-refractivity contribution in [1.82, 2.24) is 10.2 Å². The molecule has 0 radical (unpaired) electrons. The van der Waals surface area contributed by atoms with Crippen molar-refractivity contribution in [2.24, 2.45) is 5.92 Å². The normalized spacial score (nSPS) is 31.7. The molecule has 0 saturated carbocycles. The number of ether oxygens (including phenoxy) is 6. The fourth-order valence-electron chi connectivity index (χ4n) is 6.69. The molecule has 3 heterocycles. The maximum atomic E-state index is 14.1. The third kappa shape index (κ3) is 8.11. The van der Waals surface area contributed by atoms with Crippen LogP contribution in [-0.4, -0.2) is 105 Å². The van der Waals surface area contributed by atoms with Gasteiger partial charge in [-0.25, -0.2) is 9.59 Å². The molecule has 3 aliphatic rings. The van der Waals surface area contributed by atoms with Gasteiger partial charge in [-0.3, -0.25) is 14.9 Å². The van der Waals surface area contributed by atoms with Crippen molar-refractivity contribution < 1.29 is 47.6 Å². The first kappa shape index (κ1) is 39.1. The van der Waals surface area contributed by atoms with Gasteiger partial charge in [-0.1, -0.05) is 42.3 Å². The molecule has 13 nitrogen and oxygen atoms in total. The molecule has 0 aromatic heterocycles. The Morgan fingerprint density at radius 2 is 1.94 bits per heavy atom. The van der Waals surface area contributed by atoms with E-state index in [1.807, 2.05) is 51.1 Å². The van der Waals surface area contributed by atoms with Gasteiger partial charge in [0.15, 0.2) is 5.72 Å². The van der Waals surface area contributed by atoms with Crippen LogP contribution in [0.25, 0.3) is 0 Å². The van der Waals surface area contributed by atoms with E-state index in [0.717, 1.165) is 11.1 Å². The molecule has 8 unspecified atom stereocenters. The number of esters is 1. The number of rotatable bonds is 7. The Morgan fingerprint density at radius 3 is 2.56 bits per heavy atom. The number of fused-ring (bicyclic) bond motifs is 5. The molecule has 1 aromatic rings. The number of likely N-dealkylation sites (N-methyl/N-ethyl adjacent to an activating group) is 1. The maximum absolute atomic E-state index is 14.1. The zero-order valence-electron chi connectivity index (χ0n) is 30.5. The first-order chi connectivity index (χ1) is 23.5. The molecule has 2 fully saturated rings. The Morgan fingerprint density at radius 1 is 1.24 bits per heavy atom. The molecule has 276 valence electrons. The van der Waals surface area contributed by atoms with Gasteiger partial charge in [0, 0.05) is 47.1 Å². The Labute approximate surface area is 299 Å². The van der Waals surface area contributed by atoms with Crippen LogP contribution in [0.1, 0.15) is 59.9 Å².